The molecule has 0 spiro atoms. The Labute approximate surface area is 88.0 Å². The number of carbonyl (C=O) groups is 1. The number of cyclic esters (lactones) is 1. The Morgan fingerprint density at radius 3 is 2.73 bits per heavy atom. The van der Waals surface area contributed by atoms with Crippen molar-refractivity contribution in [2.45, 2.75) is 19.1 Å². The molecule has 0 aromatic heterocycles. The van der Waals surface area contributed by atoms with Gasteiger partial charge in [-0.05, 0) is 24.1 Å². The lowest BCUT2D eigenvalue weighted by Crippen LogP contribution is -2.18. The van der Waals surface area contributed by atoms with Gasteiger partial charge in [0.15, 0.2) is 6.10 Å². The molecule has 3 nitrogen and oxygen atoms in total. The van der Waals surface area contributed by atoms with Crippen LogP contribution in [0.5, 0.6) is 0 Å². The minimum Gasteiger partial charge on any atom is -0.452 e. The predicted octanol–water partition coefficient (Wildman–Crippen LogP) is 1.51. The molecular weight excluding hydrogens is 192 g/mol. The lowest BCUT2D eigenvalue weighted by Gasteiger charge is -2.18. The van der Waals surface area contributed by atoms with Gasteiger partial charge in [0.1, 0.15) is 6.10 Å². The van der Waals surface area contributed by atoms with E-state index in [0.29, 0.717) is 0 Å². The fourth-order valence-electron chi connectivity index (χ4n) is 1.65. The SMILES string of the molecule is Cc1ccccc1[C@@H](O)[C@H]1C=CC(=O)O1. The fraction of sp³-hybridized carbons (Fsp3) is 0.250. The zero-order valence-corrected chi connectivity index (χ0v) is 8.38. The Hall–Kier alpha value is -1.61. The van der Waals surface area contributed by atoms with Gasteiger partial charge in [-0.3, -0.25) is 0 Å². The van der Waals surface area contributed by atoms with Crippen molar-refractivity contribution in [3.05, 3.63) is 47.5 Å². The van der Waals surface area contributed by atoms with Crippen molar-refractivity contribution in [2.75, 3.05) is 0 Å². The summed E-state index contributed by atoms with van der Waals surface area (Å²) in [6.45, 7) is 1.92. The van der Waals surface area contributed by atoms with Crippen LogP contribution in [-0.4, -0.2) is 17.2 Å². The number of aliphatic hydroxyl groups excluding tert-OH is 1. The third-order valence-electron chi connectivity index (χ3n) is 2.49. The first-order chi connectivity index (χ1) is 7.18. The highest BCUT2D eigenvalue weighted by Gasteiger charge is 2.26. The minimum atomic E-state index is -0.783. The number of benzene rings is 1. The zero-order chi connectivity index (χ0) is 10.8. The fourth-order valence-corrected chi connectivity index (χ4v) is 1.65. The Kier molecular flexibility index (Phi) is 2.56. The molecule has 0 fully saturated rings. The van der Waals surface area contributed by atoms with E-state index in [2.05, 4.69) is 0 Å². The van der Waals surface area contributed by atoms with Crippen molar-refractivity contribution in [1.29, 1.82) is 0 Å². The van der Waals surface area contributed by atoms with Gasteiger partial charge < -0.3 is 9.84 Å². The summed E-state index contributed by atoms with van der Waals surface area (Å²) < 4.78 is 4.93. The first kappa shape index (κ1) is 9.93. The maximum atomic E-state index is 10.9. The summed E-state index contributed by atoms with van der Waals surface area (Å²) in [4.78, 5) is 10.9. The van der Waals surface area contributed by atoms with Crippen LogP contribution in [0.4, 0.5) is 0 Å². The van der Waals surface area contributed by atoms with Gasteiger partial charge in [-0.2, -0.15) is 0 Å². The number of aryl methyl sites for hydroxylation is 1. The van der Waals surface area contributed by atoms with Crippen LogP contribution >= 0.6 is 0 Å². The minimum absolute atomic E-state index is 0.396. The third kappa shape index (κ3) is 1.92. The number of esters is 1. The first-order valence-electron chi connectivity index (χ1n) is 4.81. The zero-order valence-electron chi connectivity index (χ0n) is 8.38. The monoisotopic (exact) mass is 204 g/mol. The number of carbonyl (C=O) groups excluding carboxylic acids is 1. The number of hydrogen-bond acceptors (Lipinski definition) is 3. The number of rotatable bonds is 2. The first-order valence-corrected chi connectivity index (χ1v) is 4.81. The van der Waals surface area contributed by atoms with Crippen LogP contribution in [0.3, 0.4) is 0 Å². The highest BCUT2D eigenvalue weighted by molar-refractivity contribution is 5.84. The van der Waals surface area contributed by atoms with Crippen molar-refractivity contribution >= 4 is 5.97 Å². The molecule has 1 N–H and O–H groups in total. The molecule has 15 heavy (non-hydrogen) atoms. The molecule has 0 unspecified atom stereocenters. The Morgan fingerprint density at radius 1 is 1.40 bits per heavy atom. The second kappa shape index (κ2) is 3.87. The van der Waals surface area contributed by atoms with E-state index < -0.39 is 18.2 Å². The molecule has 1 aromatic rings. The largest absolute Gasteiger partial charge is 0.452 e. The van der Waals surface area contributed by atoms with E-state index in [1.54, 1.807) is 6.08 Å². The normalized spacial score (nSPS) is 21.5. The van der Waals surface area contributed by atoms with Gasteiger partial charge >= 0.3 is 5.97 Å². The van der Waals surface area contributed by atoms with Gasteiger partial charge in [0, 0.05) is 6.08 Å². The Balaban J connectivity index is 2.22. The van der Waals surface area contributed by atoms with Crippen LogP contribution in [0.2, 0.25) is 0 Å². The van der Waals surface area contributed by atoms with Crippen LogP contribution in [0.25, 0.3) is 0 Å². The molecule has 2 rings (SSSR count). The van der Waals surface area contributed by atoms with E-state index >= 15 is 0 Å². The molecule has 2 atom stereocenters. The second-order valence-corrected chi connectivity index (χ2v) is 3.56. The van der Waals surface area contributed by atoms with Crippen LogP contribution in [-0.2, 0) is 9.53 Å². The van der Waals surface area contributed by atoms with Gasteiger partial charge in [0.25, 0.3) is 0 Å². The van der Waals surface area contributed by atoms with E-state index in [1.807, 2.05) is 31.2 Å². The van der Waals surface area contributed by atoms with Crippen molar-refractivity contribution in [2.24, 2.45) is 0 Å². The number of aliphatic hydroxyl groups is 1. The van der Waals surface area contributed by atoms with Gasteiger partial charge in [0.05, 0.1) is 0 Å². The summed E-state index contributed by atoms with van der Waals surface area (Å²) in [5.41, 5.74) is 1.78. The molecule has 1 aliphatic heterocycles. The molecule has 0 saturated carbocycles. The molecule has 78 valence electrons. The van der Waals surface area contributed by atoms with Crippen molar-refractivity contribution in [1.82, 2.24) is 0 Å². The molecular formula is C12H12O3. The van der Waals surface area contributed by atoms with Crippen molar-refractivity contribution in [3.63, 3.8) is 0 Å². The van der Waals surface area contributed by atoms with E-state index in [0.717, 1.165) is 11.1 Å². The van der Waals surface area contributed by atoms with Crippen LogP contribution in [0.15, 0.2) is 36.4 Å². The Bertz CT molecular complexity index is 409. The van der Waals surface area contributed by atoms with Crippen molar-refractivity contribution < 1.29 is 14.6 Å². The van der Waals surface area contributed by atoms with Crippen LogP contribution < -0.4 is 0 Å². The van der Waals surface area contributed by atoms with Gasteiger partial charge in [-0.1, -0.05) is 24.3 Å². The average molecular weight is 204 g/mol. The third-order valence-corrected chi connectivity index (χ3v) is 2.49. The van der Waals surface area contributed by atoms with Gasteiger partial charge in [0.2, 0.25) is 0 Å². The molecule has 1 heterocycles. The summed E-state index contributed by atoms with van der Waals surface area (Å²) in [6.07, 6.45) is 1.58. The predicted molar refractivity (Wildman–Crippen MR) is 55.2 cm³/mol. The van der Waals surface area contributed by atoms with Crippen LogP contribution in [0.1, 0.15) is 17.2 Å². The summed E-state index contributed by atoms with van der Waals surface area (Å²) in [5, 5.41) is 9.99. The highest BCUT2D eigenvalue weighted by atomic mass is 16.6. The smallest absolute Gasteiger partial charge is 0.331 e. The second-order valence-electron chi connectivity index (χ2n) is 3.56. The number of hydrogen-bond donors (Lipinski definition) is 1. The van der Waals surface area contributed by atoms with E-state index in [1.165, 1.54) is 6.08 Å². The lowest BCUT2D eigenvalue weighted by molar-refractivity contribution is -0.142. The molecule has 0 aliphatic carbocycles. The summed E-state index contributed by atoms with van der Waals surface area (Å²) in [7, 11) is 0. The van der Waals surface area contributed by atoms with Gasteiger partial charge in [-0.25, -0.2) is 4.79 Å². The topological polar surface area (TPSA) is 46.5 Å². The average Bonchev–Trinajstić information content (AvgIpc) is 2.65. The molecule has 0 saturated heterocycles. The molecule has 3 heteroatoms. The summed E-state index contributed by atoms with van der Waals surface area (Å²) in [6, 6.07) is 7.51. The van der Waals surface area contributed by atoms with E-state index in [9.17, 15) is 9.90 Å². The molecule has 0 radical (unpaired) electrons. The van der Waals surface area contributed by atoms with E-state index in [4.69, 9.17) is 4.74 Å². The number of ether oxygens (including phenoxy) is 1. The van der Waals surface area contributed by atoms with Crippen molar-refractivity contribution in [3.8, 4) is 0 Å². The maximum absolute atomic E-state index is 10.9. The maximum Gasteiger partial charge on any atom is 0.331 e. The quantitative estimate of drug-likeness (QED) is 0.743. The summed E-state index contributed by atoms with van der Waals surface area (Å²) in [5.74, 6) is -0.396. The highest BCUT2D eigenvalue weighted by Crippen LogP contribution is 2.25. The molecule has 0 bridgehead atoms. The van der Waals surface area contributed by atoms with Crippen LogP contribution in [0, 0.1) is 6.92 Å². The Morgan fingerprint density at radius 2 is 2.13 bits per heavy atom. The van der Waals surface area contributed by atoms with Gasteiger partial charge in [-0.15, -0.1) is 0 Å². The summed E-state index contributed by atoms with van der Waals surface area (Å²) >= 11 is 0. The molecule has 1 aromatic carbocycles. The van der Waals surface area contributed by atoms with E-state index in [-0.39, 0.29) is 0 Å². The lowest BCUT2D eigenvalue weighted by atomic mass is 10.00. The molecule has 1 aliphatic rings. The standard InChI is InChI=1S/C12H12O3/c1-8-4-2-3-5-9(8)12(14)10-6-7-11(13)15-10/h2-7,10,12,14H,1H3/t10-,12-/m1/s1. The molecule has 0 amide bonds.